The Morgan fingerprint density at radius 3 is 1.77 bits per heavy atom. The summed E-state index contributed by atoms with van der Waals surface area (Å²) in [4.78, 5) is 24.9. The fourth-order valence-corrected chi connectivity index (χ4v) is 3.64. The normalized spacial score (nSPS) is 18.1. The molecule has 0 spiro atoms. The third-order valence-electron chi connectivity index (χ3n) is 5.19. The molecule has 0 unspecified atom stereocenters. The van der Waals surface area contributed by atoms with Crippen LogP contribution in [0.2, 0.25) is 0 Å². The Hall–Kier alpha value is -1.86. The maximum absolute atomic E-state index is 12.9. The van der Waals surface area contributed by atoms with Gasteiger partial charge in [-0.1, -0.05) is 36.4 Å². The molecule has 2 aromatic rings. The Morgan fingerprint density at radius 1 is 0.833 bits per heavy atom. The molecule has 0 radical (unpaired) electrons. The minimum absolute atomic E-state index is 0. The number of nitrogens with zero attached hydrogens (tertiary/aromatic N) is 1. The van der Waals surface area contributed by atoms with Gasteiger partial charge in [-0.05, 0) is 61.8 Å². The number of aliphatic carboxylic acids is 1. The number of hydrogen-bond acceptors (Lipinski definition) is 5. The number of carboxylic acid groups (broad SMARTS) is 1. The van der Waals surface area contributed by atoms with Gasteiger partial charge in [-0.2, -0.15) is 0 Å². The first kappa shape index (κ1) is 24.4. The van der Waals surface area contributed by atoms with Crippen molar-refractivity contribution in [2.75, 3.05) is 24.7 Å². The molecule has 0 saturated heterocycles. The SMILES string of the molecule is O=C([O-])COC[C@H]1CC[C@H](COC(=O)N(c2ccccc2)c2ccccc2)CC1.[Na+]. The summed E-state index contributed by atoms with van der Waals surface area (Å²) in [5.41, 5.74) is 1.52. The van der Waals surface area contributed by atoms with Crippen LogP contribution < -0.4 is 39.6 Å². The van der Waals surface area contributed by atoms with E-state index in [1.807, 2.05) is 60.7 Å². The molecule has 2 aromatic carbocycles. The van der Waals surface area contributed by atoms with E-state index >= 15 is 0 Å². The van der Waals surface area contributed by atoms with Crippen LogP contribution in [0.1, 0.15) is 25.7 Å². The van der Waals surface area contributed by atoms with Gasteiger partial charge in [0.25, 0.3) is 0 Å². The Bertz CT molecular complexity index is 739. The number of para-hydroxylation sites is 2. The molecule has 1 amide bonds. The fraction of sp³-hybridized carbons (Fsp3) is 0.391. The molecule has 1 aliphatic carbocycles. The topological polar surface area (TPSA) is 78.9 Å². The fourth-order valence-electron chi connectivity index (χ4n) is 3.64. The number of hydrogen-bond donors (Lipinski definition) is 0. The van der Waals surface area contributed by atoms with Gasteiger partial charge in [0.05, 0.1) is 30.6 Å². The average Bonchev–Trinajstić information content (AvgIpc) is 2.75. The van der Waals surface area contributed by atoms with E-state index in [1.54, 1.807) is 4.90 Å². The summed E-state index contributed by atoms with van der Waals surface area (Å²) in [6.07, 6.45) is 3.36. The van der Waals surface area contributed by atoms with E-state index in [-0.39, 0.29) is 42.3 Å². The van der Waals surface area contributed by atoms with Crippen LogP contribution in [-0.2, 0) is 14.3 Å². The summed E-state index contributed by atoms with van der Waals surface area (Å²) in [7, 11) is 0. The van der Waals surface area contributed by atoms with Crippen molar-refractivity contribution < 1.29 is 53.7 Å². The Kier molecular flexibility index (Phi) is 10.4. The molecule has 0 aliphatic heterocycles. The first-order valence-electron chi connectivity index (χ1n) is 9.98. The second-order valence-corrected chi connectivity index (χ2v) is 7.36. The number of ether oxygens (including phenoxy) is 2. The van der Waals surface area contributed by atoms with Crippen molar-refractivity contribution in [2.24, 2.45) is 11.8 Å². The van der Waals surface area contributed by atoms with Crippen LogP contribution in [-0.4, -0.2) is 31.9 Å². The molecular formula is C23H26NNaO5. The summed E-state index contributed by atoms with van der Waals surface area (Å²) in [6, 6.07) is 18.9. The van der Waals surface area contributed by atoms with Crippen LogP contribution in [0.3, 0.4) is 0 Å². The molecule has 1 aliphatic rings. The first-order valence-corrected chi connectivity index (χ1v) is 9.98. The van der Waals surface area contributed by atoms with Gasteiger partial charge in [-0.3, -0.25) is 0 Å². The minimum atomic E-state index is -1.19. The van der Waals surface area contributed by atoms with E-state index in [1.165, 1.54) is 0 Å². The molecule has 6 nitrogen and oxygen atoms in total. The van der Waals surface area contributed by atoms with E-state index in [0.29, 0.717) is 25.0 Å². The third kappa shape index (κ3) is 7.43. The zero-order valence-corrected chi connectivity index (χ0v) is 19.4. The number of carboxylic acids is 1. The van der Waals surface area contributed by atoms with Gasteiger partial charge >= 0.3 is 35.7 Å². The van der Waals surface area contributed by atoms with E-state index in [4.69, 9.17) is 9.47 Å². The van der Waals surface area contributed by atoms with Gasteiger partial charge < -0.3 is 19.4 Å². The number of anilines is 2. The Balaban J connectivity index is 0.00000320. The van der Waals surface area contributed by atoms with Crippen molar-refractivity contribution in [1.82, 2.24) is 0 Å². The van der Waals surface area contributed by atoms with Crippen molar-refractivity contribution in [1.29, 1.82) is 0 Å². The predicted octanol–water partition coefficient (Wildman–Crippen LogP) is 0.538. The smallest absolute Gasteiger partial charge is 0.548 e. The number of carbonyl (C=O) groups excluding carboxylic acids is 2. The molecule has 0 aromatic heterocycles. The number of rotatable bonds is 8. The quantitative estimate of drug-likeness (QED) is 0.584. The molecule has 0 heterocycles. The zero-order valence-electron chi connectivity index (χ0n) is 17.4. The van der Waals surface area contributed by atoms with Crippen LogP contribution in [0, 0.1) is 11.8 Å². The average molecular weight is 419 g/mol. The Morgan fingerprint density at radius 2 is 1.30 bits per heavy atom. The summed E-state index contributed by atoms with van der Waals surface area (Å²) < 4.78 is 10.8. The van der Waals surface area contributed by atoms with Crippen molar-refractivity contribution in [3.8, 4) is 0 Å². The maximum Gasteiger partial charge on any atom is 1.00 e. The second kappa shape index (κ2) is 12.7. The molecule has 0 atom stereocenters. The van der Waals surface area contributed by atoms with Crippen molar-refractivity contribution in [2.45, 2.75) is 25.7 Å². The molecule has 1 fully saturated rings. The van der Waals surface area contributed by atoms with Gasteiger partial charge in [0, 0.05) is 6.61 Å². The van der Waals surface area contributed by atoms with Gasteiger partial charge in [-0.25, -0.2) is 9.69 Å². The summed E-state index contributed by atoms with van der Waals surface area (Å²) >= 11 is 0. The van der Waals surface area contributed by atoms with Crippen LogP contribution >= 0.6 is 0 Å². The molecule has 7 heteroatoms. The first-order chi connectivity index (χ1) is 14.1. The van der Waals surface area contributed by atoms with E-state index in [2.05, 4.69) is 0 Å². The molecule has 30 heavy (non-hydrogen) atoms. The molecule has 0 bridgehead atoms. The minimum Gasteiger partial charge on any atom is -0.548 e. The van der Waals surface area contributed by atoms with Crippen LogP contribution in [0.4, 0.5) is 16.2 Å². The van der Waals surface area contributed by atoms with Crippen molar-refractivity contribution >= 4 is 23.4 Å². The summed E-state index contributed by atoms with van der Waals surface area (Å²) in [6.45, 7) is 0.463. The van der Waals surface area contributed by atoms with E-state index in [9.17, 15) is 14.7 Å². The molecular weight excluding hydrogens is 393 g/mol. The summed E-state index contributed by atoms with van der Waals surface area (Å²) in [5.74, 6) is -0.525. The Labute approximate surface area is 199 Å². The molecule has 3 rings (SSSR count). The maximum atomic E-state index is 12.9. The summed E-state index contributed by atoms with van der Waals surface area (Å²) in [5, 5.41) is 10.4. The van der Waals surface area contributed by atoms with Gasteiger partial charge in [0.1, 0.15) is 0 Å². The molecule has 154 valence electrons. The van der Waals surface area contributed by atoms with Crippen molar-refractivity contribution in [3.05, 3.63) is 60.7 Å². The predicted molar refractivity (Wildman–Crippen MR) is 108 cm³/mol. The number of benzene rings is 2. The van der Waals surface area contributed by atoms with Gasteiger partial charge in [0.2, 0.25) is 0 Å². The second-order valence-electron chi connectivity index (χ2n) is 7.36. The van der Waals surface area contributed by atoms with E-state index < -0.39 is 5.97 Å². The number of amides is 1. The van der Waals surface area contributed by atoms with Crippen LogP contribution in [0.5, 0.6) is 0 Å². The largest absolute Gasteiger partial charge is 1.00 e. The molecule has 0 N–H and O–H groups in total. The zero-order chi connectivity index (χ0) is 20.5. The van der Waals surface area contributed by atoms with E-state index in [0.717, 1.165) is 37.1 Å². The van der Waals surface area contributed by atoms with Gasteiger partial charge in [-0.15, -0.1) is 0 Å². The van der Waals surface area contributed by atoms with Crippen molar-refractivity contribution in [3.63, 3.8) is 0 Å². The third-order valence-corrected chi connectivity index (χ3v) is 5.19. The van der Waals surface area contributed by atoms with Crippen LogP contribution in [0.15, 0.2) is 60.7 Å². The molecule has 1 saturated carbocycles. The standard InChI is InChI=1S/C23H27NO5.Na/c25-22(26)17-28-15-18-11-13-19(14-12-18)16-29-23(27)24(20-7-3-1-4-8-20)21-9-5-2-6-10-21;/h1-10,18-19H,11-17H2,(H,25,26);/q;+1/p-1/t18-,19-;. The van der Waals surface area contributed by atoms with Gasteiger partial charge in [0.15, 0.2) is 0 Å². The van der Waals surface area contributed by atoms with Crippen LogP contribution in [0.25, 0.3) is 0 Å². The number of carbonyl (C=O) groups is 2. The monoisotopic (exact) mass is 419 g/mol.